The van der Waals surface area contributed by atoms with Crippen LogP contribution in [0.3, 0.4) is 0 Å². The second-order valence-electron chi connectivity index (χ2n) is 8.57. The first-order valence-electron chi connectivity index (χ1n) is 11.4. The van der Waals surface area contributed by atoms with E-state index in [4.69, 9.17) is 4.74 Å². The van der Waals surface area contributed by atoms with E-state index in [1.165, 1.54) is 30.1 Å². The summed E-state index contributed by atoms with van der Waals surface area (Å²) in [7, 11) is 1.61. The maximum Gasteiger partial charge on any atom is 0.145 e. The van der Waals surface area contributed by atoms with Crippen LogP contribution in [0.5, 0.6) is 5.75 Å². The molecule has 0 atom stereocenters. The van der Waals surface area contributed by atoms with E-state index in [-0.39, 0.29) is 11.6 Å². The Balaban J connectivity index is 1.22. The van der Waals surface area contributed by atoms with Gasteiger partial charge in [0.1, 0.15) is 23.2 Å². The van der Waals surface area contributed by atoms with E-state index in [2.05, 4.69) is 9.88 Å². The first kappa shape index (κ1) is 23.9. The van der Waals surface area contributed by atoms with Gasteiger partial charge in [-0.3, -0.25) is 4.98 Å². The van der Waals surface area contributed by atoms with Gasteiger partial charge in [0.25, 0.3) is 0 Å². The molecule has 1 aliphatic rings. The quantitative estimate of drug-likeness (QED) is 0.331. The largest absolute Gasteiger partial charge is 0.497 e. The smallest absolute Gasteiger partial charge is 0.145 e. The van der Waals surface area contributed by atoms with Crippen molar-refractivity contribution in [2.45, 2.75) is 37.0 Å². The average Bonchev–Trinajstić information content (AvgIpc) is 2.83. The van der Waals surface area contributed by atoms with Crippen LogP contribution in [0.1, 0.15) is 31.2 Å². The molecule has 1 aromatic heterocycles. The molecule has 0 amide bonds. The molecule has 3 nitrogen and oxygen atoms in total. The molecule has 0 unspecified atom stereocenters. The van der Waals surface area contributed by atoms with Crippen molar-refractivity contribution in [1.82, 2.24) is 9.88 Å². The maximum atomic E-state index is 14.5. The van der Waals surface area contributed by atoms with Crippen LogP contribution in [0, 0.1) is 23.4 Å². The summed E-state index contributed by atoms with van der Waals surface area (Å²) in [4.78, 5) is 6.96. The van der Waals surface area contributed by atoms with E-state index >= 15 is 0 Å². The van der Waals surface area contributed by atoms with Crippen molar-refractivity contribution in [3.63, 3.8) is 0 Å². The van der Waals surface area contributed by atoms with Crippen LogP contribution in [0.15, 0.2) is 47.5 Å². The van der Waals surface area contributed by atoms with E-state index in [1.807, 2.05) is 18.2 Å². The number of thioether (sulfide) groups is 1. The van der Waals surface area contributed by atoms with Crippen molar-refractivity contribution in [2.75, 3.05) is 32.5 Å². The number of hydrogen-bond acceptors (Lipinski definition) is 4. The Morgan fingerprint density at radius 2 is 1.88 bits per heavy atom. The molecule has 0 bridgehead atoms. The summed E-state index contributed by atoms with van der Waals surface area (Å²) >= 11 is 1.37. The van der Waals surface area contributed by atoms with Crippen molar-refractivity contribution in [1.29, 1.82) is 0 Å². The number of hydrogen-bond donors (Lipinski definition) is 0. The lowest BCUT2D eigenvalue weighted by atomic mass is 9.90. The minimum atomic E-state index is -0.404. The van der Waals surface area contributed by atoms with Crippen LogP contribution >= 0.6 is 11.8 Å². The Labute approximate surface area is 197 Å². The van der Waals surface area contributed by atoms with Crippen molar-refractivity contribution in [3.8, 4) is 5.75 Å². The zero-order valence-electron chi connectivity index (χ0n) is 18.8. The number of piperidine rings is 1. The van der Waals surface area contributed by atoms with E-state index < -0.39 is 5.82 Å². The second kappa shape index (κ2) is 11.3. The molecule has 0 aliphatic carbocycles. The Kier molecular flexibility index (Phi) is 8.15. The van der Waals surface area contributed by atoms with Crippen molar-refractivity contribution >= 4 is 22.7 Å². The highest BCUT2D eigenvalue weighted by Crippen LogP contribution is 2.28. The number of aryl methyl sites for hydroxylation is 1. The molecular weight excluding hydrogens is 445 g/mol. The fraction of sp³-hybridized carbons (Fsp3) is 0.423. The number of benzene rings is 2. The molecule has 0 radical (unpaired) electrons. The number of likely N-dealkylation sites (tertiary alicyclic amines) is 1. The predicted octanol–water partition coefficient (Wildman–Crippen LogP) is 6.49. The van der Waals surface area contributed by atoms with Crippen LogP contribution in [0.25, 0.3) is 10.9 Å². The Morgan fingerprint density at radius 1 is 1.06 bits per heavy atom. The second-order valence-corrected chi connectivity index (χ2v) is 9.70. The summed E-state index contributed by atoms with van der Waals surface area (Å²) in [5, 5.41) is 0.830. The monoisotopic (exact) mass is 474 g/mol. The summed E-state index contributed by atoms with van der Waals surface area (Å²) < 4.78 is 46.8. The third kappa shape index (κ3) is 6.21. The third-order valence-electron chi connectivity index (χ3n) is 6.44. The van der Waals surface area contributed by atoms with Crippen LogP contribution in [-0.2, 0) is 6.42 Å². The molecule has 1 aliphatic heterocycles. The standard InChI is InChI=1S/C26H29F3N2OS/c1-32-20-6-8-25-22(16-20)21(24(29)17-30-25)4-2-3-18-9-11-31(12-10-18)13-14-33-26-15-19(27)5-7-23(26)28/h5-8,15-18H,2-4,9-14H2,1H3. The van der Waals surface area contributed by atoms with Gasteiger partial charge in [0.05, 0.1) is 18.8 Å². The minimum absolute atomic E-state index is 0.252. The van der Waals surface area contributed by atoms with E-state index in [0.717, 1.165) is 73.6 Å². The molecule has 176 valence electrons. The molecule has 0 N–H and O–H groups in total. The summed E-state index contributed by atoms with van der Waals surface area (Å²) in [5.41, 5.74) is 1.51. The first-order chi connectivity index (χ1) is 16.0. The molecule has 33 heavy (non-hydrogen) atoms. The zero-order chi connectivity index (χ0) is 23.2. The van der Waals surface area contributed by atoms with Gasteiger partial charge in [-0.2, -0.15) is 0 Å². The van der Waals surface area contributed by atoms with Gasteiger partial charge in [0.15, 0.2) is 0 Å². The Morgan fingerprint density at radius 3 is 2.67 bits per heavy atom. The topological polar surface area (TPSA) is 25.4 Å². The molecule has 3 aromatic rings. The van der Waals surface area contributed by atoms with Crippen molar-refractivity contribution in [2.24, 2.45) is 5.92 Å². The zero-order valence-corrected chi connectivity index (χ0v) is 19.6. The SMILES string of the molecule is COc1ccc2ncc(F)c(CCCC3CCN(CCSc4cc(F)ccc4F)CC3)c2c1. The number of rotatable bonds is 9. The number of aromatic nitrogens is 1. The Hall–Kier alpha value is -2.25. The normalized spacial score (nSPS) is 15.3. The van der Waals surface area contributed by atoms with Gasteiger partial charge < -0.3 is 9.64 Å². The molecular formula is C26H29F3N2OS. The highest BCUT2D eigenvalue weighted by atomic mass is 32.2. The molecule has 2 heterocycles. The molecule has 2 aromatic carbocycles. The number of fused-ring (bicyclic) bond motifs is 1. The molecule has 0 saturated carbocycles. The maximum absolute atomic E-state index is 14.5. The van der Waals surface area contributed by atoms with Gasteiger partial charge in [0.2, 0.25) is 0 Å². The van der Waals surface area contributed by atoms with Crippen LogP contribution in [0.2, 0.25) is 0 Å². The summed E-state index contributed by atoms with van der Waals surface area (Å²) in [5.74, 6) is 1.07. The third-order valence-corrected chi connectivity index (χ3v) is 7.45. The highest BCUT2D eigenvalue weighted by Gasteiger charge is 2.19. The lowest BCUT2D eigenvalue weighted by molar-refractivity contribution is 0.186. The molecule has 0 spiro atoms. The molecule has 1 saturated heterocycles. The molecule has 7 heteroatoms. The number of methoxy groups -OCH3 is 1. The first-order valence-corrected chi connectivity index (χ1v) is 12.4. The van der Waals surface area contributed by atoms with E-state index in [1.54, 1.807) is 7.11 Å². The highest BCUT2D eigenvalue weighted by molar-refractivity contribution is 7.99. The number of nitrogens with zero attached hydrogens (tertiary/aromatic N) is 2. The van der Waals surface area contributed by atoms with Crippen molar-refractivity contribution < 1.29 is 17.9 Å². The van der Waals surface area contributed by atoms with Gasteiger partial charge in [-0.25, -0.2) is 13.2 Å². The van der Waals surface area contributed by atoms with Gasteiger partial charge >= 0.3 is 0 Å². The van der Waals surface area contributed by atoms with Gasteiger partial charge in [-0.05, 0) is 86.7 Å². The van der Waals surface area contributed by atoms with Crippen molar-refractivity contribution in [3.05, 3.63) is 65.6 Å². The minimum Gasteiger partial charge on any atom is -0.497 e. The fourth-order valence-electron chi connectivity index (χ4n) is 4.52. The lowest BCUT2D eigenvalue weighted by Crippen LogP contribution is -2.35. The Bertz CT molecular complexity index is 1090. The summed E-state index contributed by atoms with van der Waals surface area (Å²) in [6, 6.07) is 9.17. The predicted molar refractivity (Wildman–Crippen MR) is 127 cm³/mol. The average molecular weight is 475 g/mol. The van der Waals surface area contributed by atoms with Crippen LogP contribution in [-0.4, -0.2) is 42.4 Å². The van der Waals surface area contributed by atoms with Crippen LogP contribution < -0.4 is 4.74 Å². The van der Waals surface area contributed by atoms with Gasteiger partial charge in [0, 0.05) is 22.6 Å². The van der Waals surface area contributed by atoms with Gasteiger partial charge in [-0.15, -0.1) is 11.8 Å². The molecule has 4 rings (SSSR count). The van der Waals surface area contributed by atoms with Gasteiger partial charge in [-0.1, -0.05) is 6.42 Å². The van der Waals surface area contributed by atoms with E-state index in [0.29, 0.717) is 23.0 Å². The fourth-order valence-corrected chi connectivity index (χ4v) is 5.49. The van der Waals surface area contributed by atoms with E-state index in [9.17, 15) is 13.2 Å². The van der Waals surface area contributed by atoms with Crippen LogP contribution in [0.4, 0.5) is 13.2 Å². The number of ether oxygens (including phenoxy) is 1. The lowest BCUT2D eigenvalue weighted by Gasteiger charge is -2.32. The number of halogens is 3. The molecule has 1 fully saturated rings. The number of pyridine rings is 1. The summed E-state index contributed by atoms with van der Waals surface area (Å²) in [6.45, 7) is 2.89. The summed E-state index contributed by atoms with van der Waals surface area (Å²) in [6.07, 6.45) is 6.25.